The number of rotatable bonds is 5. The predicted octanol–water partition coefficient (Wildman–Crippen LogP) is 4.31. The molecule has 37 heavy (non-hydrogen) atoms. The van der Waals surface area contributed by atoms with Crippen LogP contribution in [0.4, 0.5) is 14.9 Å². The summed E-state index contributed by atoms with van der Waals surface area (Å²) in [7, 11) is 0. The van der Waals surface area contributed by atoms with Crippen molar-refractivity contribution in [2.45, 2.75) is 51.5 Å². The van der Waals surface area contributed by atoms with Gasteiger partial charge in [0.2, 0.25) is 0 Å². The van der Waals surface area contributed by atoms with Crippen LogP contribution >= 0.6 is 0 Å². The number of ether oxygens (including phenoxy) is 1. The molecule has 1 fully saturated rings. The van der Waals surface area contributed by atoms with E-state index >= 15 is 0 Å². The first-order chi connectivity index (χ1) is 17.7. The minimum Gasteiger partial charge on any atom is -0.443 e. The summed E-state index contributed by atoms with van der Waals surface area (Å²) in [5.41, 5.74) is 2.88. The number of amides is 1. The third kappa shape index (κ3) is 5.45. The number of nitrogens with one attached hydrogen (secondary N) is 2. The van der Waals surface area contributed by atoms with Gasteiger partial charge in [-0.2, -0.15) is 5.10 Å². The van der Waals surface area contributed by atoms with E-state index in [-0.39, 0.29) is 24.3 Å². The van der Waals surface area contributed by atoms with Crippen molar-refractivity contribution in [3.8, 4) is 0 Å². The second kappa shape index (κ2) is 9.87. The lowest BCUT2D eigenvalue weighted by Crippen LogP contribution is -2.48. The zero-order valence-corrected chi connectivity index (χ0v) is 21.2. The molecular formula is C27H30FN7O2. The van der Waals surface area contributed by atoms with E-state index < -0.39 is 23.7 Å². The van der Waals surface area contributed by atoms with Crippen LogP contribution < -0.4 is 15.5 Å². The molecule has 4 aromatic rings. The van der Waals surface area contributed by atoms with E-state index in [2.05, 4.69) is 20.7 Å². The Morgan fingerprint density at radius 3 is 2.62 bits per heavy atom. The molecule has 1 saturated heterocycles. The maximum absolute atomic E-state index is 14.8. The van der Waals surface area contributed by atoms with Crippen LogP contribution in [0.2, 0.25) is 0 Å². The van der Waals surface area contributed by atoms with Crippen molar-refractivity contribution in [1.82, 2.24) is 30.2 Å². The molecule has 1 aliphatic rings. The zero-order valence-electron chi connectivity index (χ0n) is 21.2. The number of carbonyl (C=O) groups is 1. The molecule has 0 radical (unpaired) electrons. The molecule has 10 heteroatoms. The maximum Gasteiger partial charge on any atom is 0.414 e. The lowest BCUT2D eigenvalue weighted by Gasteiger charge is -2.29. The van der Waals surface area contributed by atoms with Crippen LogP contribution in [0.1, 0.15) is 49.8 Å². The summed E-state index contributed by atoms with van der Waals surface area (Å²) in [6, 6.07) is 15.6. The van der Waals surface area contributed by atoms with E-state index in [0.29, 0.717) is 0 Å². The molecule has 1 aromatic carbocycles. The van der Waals surface area contributed by atoms with Crippen molar-refractivity contribution in [3.63, 3.8) is 0 Å². The van der Waals surface area contributed by atoms with Crippen LogP contribution in [-0.4, -0.2) is 44.0 Å². The number of aryl methyl sites for hydroxylation is 1. The van der Waals surface area contributed by atoms with Gasteiger partial charge in [-0.05, 0) is 63.6 Å². The maximum atomic E-state index is 14.8. The number of hydrogen-bond donors (Lipinski definition) is 2. The van der Waals surface area contributed by atoms with Gasteiger partial charge in [0.05, 0.1) is 36.2 Å². The Bertz CT molecular complexity index is 1420. The SMILES string of the molecule is Cc1cccc(C2NC(CN(C(=O)OC(C)(C)C)c3ccccc3F)NC2c2ccc3ncnn3c2)n1. The average Bonchev–Trinajstić information content (AvgIpc) is 3.48. The van der Waals surface area contributed by atoms with Gasteiger partial charge in [-0.1, -0.05) is 24.3 Å². The number of benzene rings is 1. The van der Waals surface area contributed by atoms with Crippen LogP contribution in [0.15, 0.2) is 67.1 Å². The number of anilines is 1. The quantitative estimate of drug-likeness (QED) is 0.419. The number of aromatic nitrogens is 4. The van der Waals surface area contributed by atoms with Crippen molar-refractivity contribution in [2.75, 3.05) is 11.4 Å². The van der Waals surface area contributed by atoms with E-state index in [1.54, 1.807) is 43.5 Å². The first-order valence-electron chi connectivity index (χ1n) is 12.2. The number of pyridine rings is 2. The third-order valence-electron chi connectivity index (χ3n) is 6.10. The van der Waals surface area contributed by atoms with Gasteiger partial charge < -0.3 is 4.74 Å². The van der Waals surface area contributed by atoms with Crippen LogP contribution in [0, 0.1) is 12.7 Å². The lowest BCUT2D eigenvalue weighted by molar-refractivity contribution is 0.0575. The molecule has 4 heterocycles. The van der Waals surface area contributed by atoms with E-state index in [1.807, 2.05) is 43.5 Å². The summed E-state index contributed by atoms with van der Waals surface area (Å²) < 4.78 is 22.2. The molecule has 0 bridgehead atoms. The van der Waals surface area contributed by atoms with E-state index in [0.717, 1.165) is 22.6 Å². The molecule has 3 aromatic heterocycles. The molecule has 1 aliphatic heterocycles. The number of hydrogen-bond acceptors (Lipinski definition) is 7. The molecule has 1 amide bonds. The van der Waals surface area contributed by atoms with Crippen molar-refractivity contribution in [3.05, 3.63) is 89.9 Å². The molecule has 3 unspecified atom stereocenters. The minimum absolute atomic E-state index is 0.125. The van der Waals surface area contributed by atoms with Gasteiger partial charge >= 0.3 is 6.09 Å². The fraction of sp³-hybridized carbons (Fsp3) is 0.333. The topological polar surface area (TPSA) is 96.7 Å². The van der Waals surface area contributed by atoms with Crippen molar-refractivity contribution in [2.24, 2.45) is 0 Å². The molecule has 9 nitrogen and oxygen atoms in total. The summed E-state index contributed by atoms with van der Waals surface area (Å²) in [5.74, 6) is -0.503. The van der Waals surface area contributed by atoms with Gasteiger partial charge in [-0.25, -0.2) is 18.7 Å². The lowest BCUT2D eigenvalue weighted by atomic mass is 9.99. The van der Waals surface area contributed by atoms with Gasteiger partial charge in [0.15, 0.2) is 5.65 Å². The Labute approximate surface area is 214 Å². The summed E-state index contributed by atoms with van der Waals surface area (Å²) in [6.07, 6.45) is 2.42. The van der Waals surface area contributed by atoms with Gasteiger partial charge in [0.1, 0.15) is 17.7 Å². The average molecular weight is 504 g/mol. The Hall–Kier alpha value is -3.89. The van der Waals surface area contributed by atoms with Crippen molar-refractivity contribution < 1.29 is 13.9 Å². The van der Waals surface area contributed by atoms with E-state index in [4.69, 9.17) is 9.72 Å². The van der Waals surface area contributed by atoms with E-state index in [1.165, 1.54) is 17.3 Å². The summed E-state index contributed by atoms with van der Waals surface area (Å²) in [4.78, 5) is 23.5. The molecule has 0 aliphatic carbocycles. The Morgan fingerprint density at radius 1 is 1.08 bits per heavy atom. The highest BCUT2D eigenvalue weighted by atomic mass is 19.1. The second-order valence-electron chi connectivity index (χ2n) is 10.1. The fourth-order valence-electron chi connectivity index (χ4n) is 4.52. The van der Waals surface area contributed by atoms with Gasteiger partial charge in [0, 0.05) is 11.9 Å². The normalized spacial score (nSPS) is 19.8. The number of halogens is 1. The highest BCUT2D eigenvalue weighted by Gasteiger charge is 2.38. The standard InChI is InChI=1S/C27H30FN7O2/c1-17-8-7-10-20(31-17)25-24(18-12-13-23-29-16-30-35(23)14-18)32-22(33-25)15-34(26(36)37-27(2,3)4)21-11-6-5-9-19(21)28/h5-14,16,22,24-25,32-33H,15H2,1-4H3. The zero-order chi connectivity index (χ0) is 26.2. The third-order valence-corrected chi connectivity index (χ3v) is 6.10. The summed E-state index contributed by atoms with van der Waals surface area (Å²) in [5, 5.41) is 11.4. The molecule has 2 N–H and O–H groups in total. The summed E-state index contributed by atoms with van der Waals surface area (Å²) in [6.45, 7) is 7.42. The van der Waals surface area contributed by atoms with Crippen LogP contribution in [0.5, 0.6) is 0 Å². The minimum atomic E-state index is -0.735. The predicted molar refractivity (Wildman–Crippen MR) is 137 cm³/mol. The monoisotopic (exact) mass is 503 g/mol. The van der Waals surface area contributed by atoms with Crippen LogP contribution in [0.3, 0.4) is 0 Å². The molecule has 0 spiro atoms. The van der Waals surface area contributed by atoms with Crippen molar-refractivity contribution in [1.29, 1.82) is 0 Å². The molecule has 192 valence electrons. The number of nitrogens with zero attached hydrogens (tertiary/aromatic N) is 5. The Morgan fingerprint density at radius 2 is 1.86 bits per heavy atom. The number of fused-ring (bicyclic) bond motifs is 1. The van der Waals surface area contributed by atoms with Crippen LogP contribution in [0.25, 0.3) is 5.65 Å². The van der Waals surface area contributed by atoms with Crippen molar-refractivity contribution >= 4 is 17.4 Å². The number of carbonyl (C=O) groups excluding carboxylic acids is 1. The number of para-hydroxylation sites is 1. The van der Waals surface area contributed by atoms with Gasteiger partial charge in [-0.3, -0.25) is 20.5 Å². The van der Waals surface area contributed by atoms with Crippen LogP contribution in [-0.2, 0) is 4.74 Å². The van der Waals surface area contributed by atoms with Gasteiger partial charge in [0.25, 0.3) is 0 Å². The molecule has 5 rings (SSSR count). The largest absolute Gasteiger partial charge is 0.443 e. The molecular weight excluding hydrogens is 473 g/mol. The first kappa shape index (κ1) is 24.8. The Kier molecular flexibility index (Phi) is 6.61. The van der Waals surface area contributed by atoms with Gasteiger partial charge in [-0.15, -0.1) is 0 Å². The highest BCUT2D eigenvalue weighted by molar-refractivity contribution is 5.88. The fourth-order valence-corrected chi connectivity index (χ4v) is 4.52. The second-order valence-corrected chi connectivity index (χ2v) is 10.1. The Balaban J connectivity index is 1.48. The highest BCUT2D eigenvalue weighted by Crippen LogP contribution is 2.34. The first-order valence-corrected chi connectivity index (χ1v) is 12.2. The molecule has 3 atom stereocenters. The smallest absolute Gasteiger partial charge is 0.414 e. The summed E-state index contributed by atoms with van der Waals surface area (Å²) >= 11 is 0. The molecule has 0 saturated carbocycles. The van der Waals surface area contributed by atoms with E-state index in [9.17, 15) is 9.18 Å².